The Hall–Kier alpha value is -2.11. The lowest BCUT2D eigenvalue weighted by molar-refractivity contribution is -0.153. The van der Waals surface area contributed by atoms with Crippen LogP contribution in [0.3, 0.4) is 0 Å². The second-order valence-corrected chi connectivity index (χ2v) is 6.12. The van der Waals surface area contributed by atoms with E-state index in [1.807, 2.05) is 49.3 Å². The highest BCUT2D eigenvalue weighted by atomic mass is 16.5. The number of rotatable bonds is 4. The molecule has 1 atom stereocenters. The van der Waals surface area contributed by atoms with Crippen molar-refractivity contribution in [2.75, 3.05) is 40.5 Å². The number of hydrazine groups is 1. The van der Waals surface area contributed by atoms with Gasteiger partial charge in [0, 0.05) is 20.1 Å². The van der Waals surface area contributed by atoms with Gasteiger partial charge in [0.05, 0.1) is 26.2 Å². The third-order valence-electron chi connectivity index (χ3n) is 4.67. The van der Waals surface area contributed by atoms with Gasteiger partial charge >= 0.3 is 0 Å². The van der Waals surface area contributed by atoms with Crippen LogP contribution in [0.15, 0.2) is 36.4 Å². The molecule has 1 aliphatic rings. The summed E-state index contributed by atoms with van der Waals surface area (Å²) >= 11 is 0. The van der Waals surface area contributed by atoms with Crippen LogP contribution >= 0.6 is 0 Å². The molecule has 5 nitrogen and oxygen atoms in total. The van der Waals surface area contributed by atoms with Gasteiger partial charge < -0.3 is 9.47 Å². The molecule has 0 spiro atoms. The lowest BCUT2D eigenvalue weighted by Gasteiger charge is -2.36. The Morgan fingerprint density at radius 1 is 1.17 bits per heavy atom. The van der Waals surface area contributed by atoms with E-state index in [1.54, 1.807) is 12.1 Å². The van der Waals surface area contributed by atoms with Gasteiger partial charge in [0.25, 0.3) is 0 Å². The fourth-order valence-corrected chi connectivity index (χ4v) is 3.05. The zero-order valence-corrected chi connectivity index (χ0v) is 14.5. The van der Waals surface area contributed by atoms with Crippen molar-refractivity contribution >= 4 is 16.7 Å². The molecule has 0 saturated carbocycles. The third-order valence-corrected chi connectivity index (χ3v) is 4.67. The molecular weight excluding hydrogens is 304 g/mol. The molecule has 128 valence electrons. The van der Waals surface area contributed by atoms with Crippen molar-refractivity contribution in [2.24, 2.45) is 0 Å². The fraction of sp³-hybridized carbons (Fsp3) is 0.421. The van der Waals surface area contributed by atoms with E-state index in [0.717, 1.165) is 35.2 Å². The molecular formula is C19H24N2O3. The van der Waals surface area contributed by atoms with Crippen molar-refractivity contribution in [3.8, 4) is 5.75 Å². The summed E-state index contributed by atoms with van der Waals surface area (Å²) in [5.41, 5.74) is 1.03. The minimum Gasteiger partial charge on any atom is -0.497 e. The maximum atomic E-state index is 12.8. The Morgan fingerprint density at radius 3 is 2.54 bits per heavy atom. The molecule has 24 heavy (non-hydrogen) atoms. The van der Waals surface area contributed by atoms with Crippen molar-refractivity contribution < 1.29 is 14.3 Å². The summed E-state index contributed by atoms with van der Waals surface area (Å²) in [5, 5.41) is 6.01. The molecule has 5 heteroatoms. The van der Waals surface area contributed by atoms with Crippen LogP contribution < -0.4 is 4.74 Å². The quantitative estimate of drug-likeness (QED) is 0.865. The number of fused-ring (bicyclic) bond motifs is 1. The van der Waals surface area contributed by atoms with Gasteiger partial charge in [0.2, 0.25) is 5.91 Å². The number of nitrogens with zero attached hydrogens (tertiary/aromatic N) is 2. The predicted molar refractivity (Wildman–Crippen MR) is 94.1 cm³/mol. The maximum absolute atomic E-state index is 12.8. The third kappa shape index (κ3) is 3.37. The normalized spacial score (nSPS) is 16.8. The first-order chi connectivity index (χ1) is 11.6. The fourth-order valence-electron chi connectivity index (χ4n) is 3.05. The highest BCUT2D eigenvalue weighted by molar-refractivity contribution is 5.88. The SMILES string of the molecule is COc1ccc2cc(C(C)C(=O)N(C)N3CCOCC3)ccc2c1. The first kappa shape index (κ1) is 16.7. The highest BCUT2D eigenvalue weighted by Gasteiger charge is 2.25. The molecule has 0 aliphatic carbocycles. The van der Waals surface area contributed by atoms with Crippen LogP contribution in [-0.4, -0.2) is 56.4 Å². The summed E-state index contributed by atoms with van der Waals surface area (Å²) in [6.07, 6.45) is 0. The van der Waals surface area contributed by atoms with Crippen LogP contribution in [0.25, 0.3) is 10.8 Å². The zero-order chi connectivity index (χ0) is 17.1. The Labute approximate surface area is 142 Å². The molecule has 1 amide bonds. The molecule has 1 fully saturated rings. The molecule has 0 N–H and O–H groups in total. The standard InChI is InChI=1S/C19H24N2O3/c1-14(19(22)20(2)21-8-10-24-11-9-21)15-4-5-17-13-18(23-3)7-6-16(17)12-15/h4-7,12-14H,8-11H2,1-3H3. The second kappa shape index (κ2) is 7.20. The van der Waals surface area contributed by atoms with Crippen molar-refractivity contribution in [2.45, 2.75) is 12.8 Å². The molecule has 2 aromatic rings. The Balaban J connectivity index is 1.79. The van der Waals surface area contributed by atoms with Crippen molar-refractivity contribution in [1.82, 2.24) is 10.0 Å². The summed E-state index contributed by atoms with van der Waals surface area (Å²) in [7, 11) is 3.51. The second-order valence-electron chi connectivity index (χ2n) is 6.12. The number of carbonyl (C=O) groups is 1. The number of hydrogen-bond acceptors (Lipinski definition) is 4. The molecule has 1 aliphatic heterocycles. The van der Waals surface area contributed by atoms with Crippen LogP contribution in [0.5, 0.6) is 5.75 Å². The highest BCUT2D eigenvalue weighted by Crippen LogP contribution is 2.26. The molecule has 1 unspecified atom stereocenters. The maximum Gasteiger partial charge on any atom is 0.243 e. The van der Waals surface area contributed by atoms with Crippen LogP contribution in [0.1, 0.15) is 18.4 Å². The number of amides is 1. The Bertz CT molecular complexity index is 726. The van der Waals surface area contributed by atoms with E-state index in [9.17, 15) is 4.79 Å². The average Bonchev–Trinajstić information content (AvgIpc) is 2.66. The van der Waals surface area contributed by atoms with Crippen LogP contribution in [0, 0.1) is 0 Å². The minimum atomic E-state index is -0.190. The summed E-state index contributed by atoms with van der Waals surface area (Å²) in [4.78, 5) is 12.8. The number of carbonyl (C=O) groups excluding carboxylic acids is 1. The van der Waals surface area contributed by atoms with Crippen LogP contribution in [0.2, 0.25) is 0 Å². The van der Waals surface area contributed by atoms with E-state index in [2.05, 4.69) is 6.07 Å². The largest absolute Gasteiger partial charge is 0.497 e. The number of morpholine rings is 1. The smallest absolute Gasteiger partial charge is 0.243 e. The van der Waals surface area contributed by atoms with Gasteiger partial charge in [-0.15, -0.1) is 0 Å². The molecule has 1 saturated heterocycles. The molecule has 2 aromatic carbocycles. The topological polar surface area (TPSA) is 42.0 Å². The number of benzene rings is 2. The van der Waals surface area contributed by atoms with E-state index in [4.69, 9.17) is 9.47 Å². The van der Waals surface area contributed by atoms with E-state index >= 15 is 0 Å². The number of hydrogen-bond donors (Lipinski definition) is 0. The first-order valence-corrected chi connectivity index (χ1v) is 8.28. The van der Waals surface area contributed by atoms with Crippen LogP contribution in [-0.2, 0) is 9.53 Å². The molecule has 1 heterocycles. The van der Waals surface area contributed by atoms with Gasteiger partial charge in [-0.05, 0) is 35.4 Å². The zero-order valence-electron chi connectivity index (χ0n) is 14.5. The molecule has 3 rings (SSSR count). The molecule has 0 radical (unpaired) electrons. The molecule has 0 aromatic heterocycles. The van der Waals surface area contributed by atoms with Gasteiger partial charge in [-0.1, -0.05) is 24.3 Å². The van der Waals surface area contributed by atoms with E-state index in [1.165, 1.54) is 0 Å². The van der Waals surface area contributed by atoms with Crippen molar-refractivity contribution in [3.05, 3.63) is 42.0 Å². The van der Waals surface area contributed by atoms with Crippen LogP contribution in [0.4, 0.5) is 0 Å². The van der Waals surface area contributed by atoms with E-state index in [0.29, 0.717) is 13.2 Å². The number of ether oxygens (including phenoxy) is 2. The predicted octanol–water partition coefficient (Wildman–Crippen LogP) is 2.66. The summed E-state index contributed by atoms with van der Waals surface area (Å²) in [6, 6.07) is 12.1. The van der Waals surface area contributed by atoms with Crippen molar-refractivity contribution in [1.29, 1.82) is 0 Å². The Kier molecular flexibility index (Phi) is 5.02. The minimum absolute atomic E-state index is 0.102. The average molecular weight is 328 g/mol. The van der Waals surface area contributed by atoms with Gasteiger partial charge in [0.15, 0.2) is 0 Å². The van der Waals surface area contributed by atoms with Gasteiger partial charge in [-0.2, -0.15) is 0 Å². The number of methoxy groups -OCH3 is 1. The lowest BCUT2D eigenvalue weighted by atomic mass is 9.97. The Morgan fingerprint density at radius 2 is 1.83 bits per heavy atom. The van der Waals surface area contributed by atoms with Gasteiger partial charge in [-0.25, -0.2) is 5.01 Å². The lowest BCUT2D eigenvalue weighted by Crippen LogP contribution is -2.50. The van der Waals surface area contributed by atoms with E-state index in [-0.39, 0.29) is 11.8 Å². The van der Waals surface area contributed by atoms with Gasteiger partial charge in [0.1, 0.15) is 5.75 Å². The van der Waals surface area contributed by atoms with Crippen molar-refractivity contribution in [3.63, 3.8) is 0 Å². The molecule has 0 bridgehead atoms. The number of likely N-dealkylation sites (N-methyl/N-ethyl adjacent to an activating group) is 1. The summed E-state index contributed by atoms with van der Waals surface area (Å²) < 4.78 is 10.6. The van der Waals surface area contributed by atoms with Gasteiger partial charge in [-0.3, -0.25) is 9.80 Å². The first-order valence-electron chi connectivity index (χ1n) is 8.28. The monoisotopic (exact) mass is 328 g/mol. The van der Waals surface area contributed by atoms with E-state index < -0.39 is 0 Å². The summed E-state index contributed by atoms with van der Waals surface area (Å²) in [6.45, 7) is 4.82. The summed E-state index contributed by atoms with van der Waals surface area (Å²) in [5.74, 6) is 0.750.